The Hall–Kier alpha value is -3.73. The van der Waals surface area contributed by atoms with Crippen LogP contribution >= 0.6 is 0 Å². The molecule has 3 aromatic carbocycles. The predicted molar refractivity (Wildman–Crippen MR) is 123 cm³/mol. The maximum atomic E-state index is 13.3. The molecule has 162 valence electrons. The maximum Gasteiger partial charge on any atom is 0.363 e. The molecular formula is C27H24FNO3. The van der Waals surface area contributed by atoms with Crippen LogP contribution in [0.3, 0.4) is 0 Å². The molecule has 1 heterocycles. The molecule has 4 nitrogen and oxygen atoms in total. The second-order valence-corrected chi connectivity index (χ2v) is 8.65. The smallest absolute Gasteiger partial charge is 0.363 e. The average molecular weight is 429 g/mol. The summed E-state index contributed by atoms with van der Waals surface area (Å²) in [6.45, 7) is 6.68. The molecule has 0 saturated heterocycles. The van der Waals surface area contributed by atoms with Crippen LogP contribution in [0.2, 0.25) is 0 Å². The second-order valence-electron chi connectivity index (χ2n) is 8.65. The first kappa shape index (κ1) is 21.5. The summed E-state index contributed by atoms with van der Waals surface area (Å²) in [6, 6.07) is 21.4. The molecule has 4 rings (SSSR count). The van der Waals surface area contributed by atoms with Crippen LogP contribution in [0.1, 0.15) is 43.0 Å². The van der Waals surface area contributed by atoms with Gasteiger partial charge in [0, 0.05) is 5.56 Å². The van der Waals surface area contributed by atoms with Crippen LogP contribution in [0.25, 0.3) is 6.08 Å². The SMILES string of the molecule is CC(C)(C)c1ccc(C2=N/C(=C\c3cccc(OCc4cccc(F)c4)c3)C(=O)O2)cc1. The van der Waals surface area contributed by atoms with E-state index in [0.717, 1.165) is 16.7 Å². The molecule has 0 spiro atoms. The Morgan fingerprint density at radius 3 is 2.47 bits per heavy atom. The van der Waals surface area contributed by atoms with E-state index in [1.54, 1.807) is 30.3 Å². The minimum Gasteiger partial charge on any atom is -0.489 e. The number of cyclic esters (lactones) is 1. The Bertz CT molecular complexity index is 1200. The van der Waals surface area contributed by atoms with Crippen LogP contribution in [0.4, 0.5) is 4.39 Å². The third-order valence-electron chi connectivity index (χ3n) is 5.07. The summed E-state index contributed by atoms with van der Waals surface area (Å²) in [5, 5.41) is 0. The van der Waals surface area contributed by atoms with Gasteiger partial charge in [0.15, 0.2) is 5.70 Å². The monoisotopic (exact) mass is 429 g/mol. The summed E-state index contributed by atoms with van der Waals surface area (Å²) < 4.78 is 24.5. The number of benzene rings is 3. The highest BCUT2D eigenvalue weighted by atomic mass is 19.1. The third kappa shape index (κ3) is 5.11. The molecule has 0 aliphatic carbocycles. The van der Waals surface area contributed by atoms with E-state index in [-0.39, 0.29) is 23.5 Å². The van der Waals surface area contributed by atoms with Crippen LogP contribution in [0.15, 0.2) is 83.5 Å². The normalized spacial score (nSPS) is 14.9. The van der Waals surface area contributed by atoms with Crippen LogP contribution < -0.4 is 4.74 Å². The molecule has 0 unspecified atom stereocenters. The van der Waals surface area contributed by atoms with Gasteiger partial charge in [-0.1, -0.05) is 57.2 Å². The van der Waals surface area contributed by atoms with Gasteiger partial charge in [-0.25, -0.2) is 14.2 Å². The molecule has 1 aliphatic rings. The Balaban J connectivity index is 1.50. The Labute approximate surface area is 187 Å². The number of esters is 1. The molecule has 0 aromatic heterocycles. The van der Waals surface area contributed by atoms with Gasteiger partial charge in [0.2, 0.25) is 5.90 Å². The van der Waals surface area contributed by atoms with Gasteiger partial charge >= 0.3 is 5.97 Å². The van der Waals surface area contributed by atoms with Crippen molar-refractivity contribution in [2.75, 3.05) is 0 Å². The van der Waals surface area contributed by atoms with Gasteiger partial charge in [-0.2, -0.15) is 0 Å². The number of aliphatic imine (C=N–C) groups is 1. The van der Waals surface area contributed by atoms with E-state index in [2.05, 4.69) is 25.8 Å². The van der Waals surface area contributed by atoms with Crippen molar-refractivity contribution in [2.24, 2.45) is 4.99 Å². The number of hydrogen-bond donors (Lipinski definition) is 0. The third-order valence-corrected chi connectivity index (χ3v) is 5.07. The molecule has 0 N–H and O–H groups in total. The van der Waals surface area contributed by atoms with Gasteiger partial charge in [0.05, 0.1) is 0 Å². The lowest BCUT2D eigenvalue weighted by Gasteiger charge is -2.18. The highest BCUT2D eigenvalue weighted by Gasteiger charge is 2.24. The van der Waals surface area contributed by atoms with Gasteiger partial charge in [0.1, 0.15) is 18.2 Å². The first-order valence-electron chi connectivity index (χ1n) is 10.4. The molecule has 0 saturated carbocycles. The van der Waals surface area contributed by atoms with Gasteiger partial charge in [-0.15, -0.1) is 0 Å². The van der Waals surface area contributed by atoms with E-state index in [0.29, 0.717) is 11.6 Å². The van der Waals surface area contributed by atoms with Crippen molar-refractivity contribution in [3.8, 4) is 5.75 Å². The number of carbonyl (C=O) groups is 1. The highest BCUT2D eigenvalue weighted by Crippen LogP contribution is 2.25. The van der Waals surface area contributed by atoms with Crippen molar-refractivity contribution in [3.63, 3.8) is 0 Å². The zero-order valence-electron chi connectivity index (χ0n) is 18.3. The maximum absolute atomic E-state index is 13.3. The molecule has 3 aromatic rings. The number of halogens is 1. The van der Waals surface area contributed by atoms with Crippen molar-refractivity contribution in [1.82, 2.24) is 0 Å². The Morgan fingerprint density at radius 1 is 1.00 bits per heavy atom. The summed E-state index contributed by atoms with van der Waals surface area (Å²) in [5.74, 6) is 0.106. The Kier molecular flexibility index (Phi) is 5.91. The lowest BCUT2D eigenvalue weighted by atomic mass is 9.87. The second kappa shape index (κ2) is 8.79. The first-order valence-corrected chi connectivity index (χ1v) is 10.4. The molecule has 0 fully saturated rings. The van der Waals surface area contributed by atoms with Crippen molar-refractivity contribution < 1.29 is 18.7 Å². The van der Waals surface area contributed by atoms with E-state index in [4.69, 9.17) is 9.47 Å². The van der Waals surface area contributed by atoms with Crippen LogP contribution in [0.5, 0.6) is 5.75 Å². The number of ether oxygens (including phenoxy) is 2. The molecule has 5 heteroatoms. The molecule has 32 heavy (non-hydrogen) atoms. The topological polar surface area (TPSA) is 47.9 Å². The van der Waals surface area contributed by atoms with Gasteiger partial charge < -0.3 is 9.47 Å². The first-order chi connectivity index (χ1) is 15.3. The molecular weight excluding hydrogens is 405 g/mol. The number of rotatable bonds is 5. The van der Waals surface area contributed by atoms with Crippen molar-refractivity contribution >= 4 is 17.9 Å². The zero-order chi connectivity index (χ0) is 22.7. The van der Waals surface area contributed by atoms with E-state index < -0.39 is 5.97 Å². The van der Waals surface area contributed by atoms with Crippen LogP contribution in [-0.4, -0.2) is 11.9 Å². The number of nitrogens with zero attached hydrogens (tertiary/aromatic N) is 1. The van der Waals surface area contributed by atoms with E-state index in [1.807, 2.05) is 36.4 Å². The predicted octanol–water partition coefficient (Wildman–Crippen LogP) is 6.05. The van der Waals surface area contributed by atoms with Crippen molar-refractivity contribution in [2.45, 2.75) is 32.8 Å². The van der Waals surface area contributed by atoms with Gasteiger partial charge in [-0.05, 0) is 64.6 Å². The summed E-state index contributed by atoms with van der Waals surface area (Å²) >= 11 is 0. The number of hydrogen-bond acceptors (Lipinski definition) is 4. The standard InChI is InChI=1S/C27H24FNO3/c1-27(2,3)21-12-10-20(11-13-21)25-29-24(26(30)32-25)16-18-6-5-9-23(15-18)31-17-19-7-4-8-22(28)14-19/h4-16H,17H2,1-3H3/b24-16-. The molecule has 0 radical (unpaired) electrons. The highest BCUT2D eigenvalue weighted by molar-refractivity contribution is 6.12. The van der Waals surface area contributed by atoms with Crippen molar-refractivity contribution in [1.29, 1.82) is 0 Å². The van der Waals surface area contributed by atoms with Gasteiger partial charge in [-0.3, -0.25) is 0 Å². The minimum atomic E-state index is -0.494. The average Bonchev–Trinajstić information content (AvgIpc) is 3.12. The van der Waals surface area contributed by atoms with Gasteiger partial charge in [0.25, 0.3) is 0 Å². The molecule has 0 amide bonds. The fourth-order valence-corrected chi connectivity index (χ4v) is 3.29. The summed E-state index contributed by atoms with van der Waals surface area (Å²) in [4.78, 5) is 16.7. The Morgan fingerprint density at radius 2 is 1.75 bits per heavy atom. The van der Waals surface area contributed by atoms with Crippen LogP contribution in [0, 0.1) is 5.82 Å². The molecule has 0 atom stereocenters. The largest absolute Gasteiger partial charge is 0.489 e. The molecule has 1 aliphatic heterocycles. The van der Waals surface area contributed by atoms with E-state index in [1.165, 1.54) is 17.7 Å². The van der Waals surface area contributed by atoms with E-state index >= 15 is 0 Å². The quantitative estimate of drug-likeness (QED) is 0.367. The summed E-state index contributed by atoms with van der Waals surface area (Å²) in [5.41, 5.74) is 3.70. The zero-order valence-corrected chi connectivity index (χ0v) is 18.3. The number of carbonyl (C=O) groups excluding carboxylic acids is 1. The lowest BCUT2D eigenvalue weighted by molar-refractivity contribution is -0.129. The molecule has 0 bridgehead atoms. The lowest BCUT2D eigenvalue weighted by Crippen LogP contribution is -2.11. The minimum absolute atomic E-state index is 0.0412. The fraction of sp³-hybridized carbons (Fsp3) is 0.185. The van der Waals surface area contributed by atoms with Crippen LogP contribution in [-0.2, 0) is 21.6 Å². The summed E-state index contributed by atoms with van der Waals surface area (Å²) in [7, 11) is 0. The van der Waals surface area contributed by atoms with E-state index in [9.17, 15) is 9.18 Å². The summed E-state index contributed by atoms with van der Waals surface area (Å²) in [6.07, 6.45) is 1.66. The van der Waals surface area contributed by atoms with Crippen molar-refractivity contribution in [3.05, 3.63) is 107 Å². The fourth-order valence-electron chi connectivity index (χ4n) is 3.29.